The van der Waals surface area contributed by atoms with Crippen molar-refractivity contribution in [3.8, 4) is 17.2 Å². The molecule has 154 valence electrons. The Morgan fingerprint density at radius 2 is 1.83 bits per heavy atom. The normalized spacial score (nSPS) is 17.4. The molecule has 1 amide bonds. The van der Waals surface area contributed by atoms with Gasteiger partial charge in [-0.2, -0.15) is 0 Å². The lowest BCUT2D eigenvalue weighted by atomic mass is 10.00. The molecule has 6 nitrogen and oxygen atoms in total. The summed E-state index contributed by atoms with van der Waals surface area (Å²) in [5.74, 6) is 1.81. The number of para-hydroxylation sites is 1. The van der Waals surface area contributed by atoms with Crippen molar-refractivity contribution in [2.75, 3.05) is 27.3 Å². The van der Waals surface area contributed by atoms with Gasteiger partial charge in [0.1, 0.15) is 5.75 Å². The lowest BCUT2D eigenvalue weighted by Crippen LogP contribution is -2.52. The van der Waals surface area contributed by atoms with E-state index in [1.807, 2.05) is 47.4 Å². The lowest BCUT2D eigenvalue weighted by molar-refractivity contribution is -0.228. The Balaban J connectivity index is 1.32. The molecule has 1 fully saturated rings. The van der Waals surface area contributed by atoms with E-state index in [-0.39, 0.29) is 5.91 Å². The van der Waals surface area contributed by atoms with Gasteiger partial charge in [-0.15, -0.1) is 0 Å². The van der Waals surface area contributed by atoms with Gasteiger partial charge < -0.3 is 23.8 Å². The van der Waals surface area contributed by atoms with Crippen molar-refractivity contribution in [3.63, 3.8) is 0 Å². The summed E-state index contributed by atoms with van der Waals surface area (Å²) in [6.45, 7) is 1.76. The van der Waals surface area contributed by atoms with Crippen molar-refractivity contribution >= 4 is 5.91 Å². The molecule has 1 saturated heterocycles. The fourth-order valence-electron chi connectivity index (χ4n) is 3.92. The molecular weight excluding hydrogens is 370 g/mol. The minimum absolute atomic E-state index is 0.171. The number of carbonyl (C=O) groups is 1. The summed E-state index contributed by atoms with van der Waals surface area (Å²) in [5.41, 5.74) is 2.13. The van der Waals surface area contributed by atoms with E-state index in [9.17, 15) is 4.79 Å². The van der Waals surface area contributed by atoms with Crippen molar-refractivity contribution in [3.05, 3.63) is 53.6 Å². The highest BCUT2D eigenvalue weighted by atomic mass is 16.7. The lowest BCUT2D eigenvalue weighted by Gasteiger charge is -2.44. The van der Waals surface area contributed by atoms with Gasteiger partial charge in [0.15, 0.2) is 11.5 Å². The van der Waals surface area contributed by atoms with Gasteiger partial charge in [-0.25, -0.2) is 0 Å². The Hall–Kier alpha value is -2.73. The molecule has 2 heterocycles. The number of aryl methyl sites for hydroxylation is 1. The Labute approximate surface area is 171 Å². The maximum absolute atomic E-state index is 12.7. The van der Waals surface area contributed by atoms with E-state index in [1.54, 1.807) is 14.2 Å². The molecule has 2 aliphatic rings. The summed E-state index contributed by atoms with van der Waals surface area (Å²) in [6, 6.07) is 13.7. The van der Waals surface area contributed by atoms with Gasteiger partial charge in [-0.1, -0.05) is 24.3 Å². The fraction of sp³-hybridized carbons (Fsp3) is 0.435. The molecule has 2 aliphatic heterocycles. The Kier molecular flexibility index (Phi) is 5.62. The predicted molar refractivity (Wildman–Crippen MR) is 108 cm³/mol. The summed E-state index contributed by atoms with van der Waals surface area (Å²) in [6.07, 6.45) is 2.53. The van der Waals surface area contributed by atoms with E-state index in [0.29, 0.717) is 39.0 Å². The minimum Gasteiger partial charge on any atom is -0.497 e. The molecule has 2 aromatic carbocycles. The second kappa shape index (κ2) is 8.33. The van der Waals surface area contributed by atoms with Gasteiger partial charge in [0.05, 0.1) is 20.8 Å². The largest absolute Gasteiger partial charge is 0.497 e. The maximum atomic E-state index is 12.7. The zero-order valence-electron chi connectivity index (χ0n) is 17.0. The van der Waals surface area contributed by atoms with Crippen LogP contribution < -0.4 is 14.2 Å². The molecule has 29 heavy (non-hydrogen) atoms. The van der Waals surface area contributed by atoms with Gasteiger partial charge in [0, 0.05) is 37.9 Å². The number of piperidine rings is 1. The van der Waals surface area contributed by atoms with Crippen LogP contribution in [-0.4, -0.2) is 43.9 Å². The number of benzene rings is 2. The van der Waals surface area contributed by atoms with Crippen molar-refractivity contribution in [2.45, 2.75) is 38.1 Å². The molecule has 0 bridgehead atoms. The summed E-state index contributed by atoms with van der Waals surface area (Å²) >= 11 is 0. The highest BCUT2D eigenvalue weighted by Gasteiger charge is 2.42. The van der Waals surface area contributed by atoms with Gasteiger partial charge in [-0.3, -0.25) is 4.79 Å². The second-order valence-corrected chi connectivity index (χ2v) is 7.48. The molecule has 0 unspecified atom stereocenters. The van der Waals surface area contributed by atoms with Crippen LogP contribution in [0.5, 0.6) is 17.2 Å². The van der Waals surface area contributed by atoms with Crippen LogP contribution in [-0.2, 0) is 22.6 Å². The molecular formula is C23H27NO5. The molecule has 0 aromatic heterocycles. The van der Waals surface area contributed by atoms with E-state index in [4.69, 9.17) is 18.9 Å². The standard InChI is InChI=1S/C23H27NO5/c1-26-19-9-6-17(7-10-19)8-11-21(25)24-14-12-23(13-15-24)28-16-18-4-3-5-20(27-2)22(18)29-23/h3-7,9-10H,8,11-16H2,1-2H3. The summed E-state index contributed by atoms with van der Waals surface area (Å²) in [7, 11) is 3.29. The topological polar surface area (TPSA) is 57.2 Å². The highest BCUT2D eigenvalue weighted by Crippen LogP contribution is 2.42. The quantitative estimate of drug-likeness (QED) is 0.772. The van der Waals surface area contributed by atoms with Crippen molar-refractivity contribution in [1.82, 2.24) is 4.90 Å². The second-order valence-electron chi connectivity index (χ2n) is 7.48. The number of fused-ring (bicyclic) bond motifs is 1. The smallest absolute Gasteiger partial charge is 0.222 e. The molecule has 0 saturated carbocycles. The van der Waals surface area contributed by atoms with Crippen LogP contribution in [0.2, 0.25) is 0 Å². The molecule has 4 rings (SSSR count). The third-order valence-corrected chi connectivity index (χ3v) is 5.72. The van der Waals surface area contributed by atoms with Crippen LogP contribution in [0.4, 0.5) is 0 Å². The van der Waals surface area contributed by atoms with E-state index in [0.717, 1.165) is 34.8 Å². The first-order valence-electron chi connectivity index (χ1n) is 10.0. The average molecular weight is 397 g/mol. The molecule has 0 N–H and O–H groups in total. The van der Waals surface area contributed by atoms with Crippen molar-refractivity contribution in [1.29, 1.82) is 0 Å². The first kappa shape index (κ1) is 19.6. The number of rotatable bonds is 5. The first-order chi connectivity index (χ1) is 14.1. The molecule has 0 atom stereocenters. The predicted octanol–water partition coefficient (Wildman–Crippen LogP) is 3.56. The van der Waals surface area contributed by atoms with Crippen LogP contribution in [0, 0.1) is 0 Å². The summed E-state index contributed by atoms with van der Waals surface area (Å²) < 4.78 is 23.0. The summed E-state index contributed by atoms with van der Waals surface area (Å²) in [4.78, 5) is 14.6. The van der Waals surface area contributed by atoms with Gasteiger partial charge in [0.2, 0.25) is 11.7 Å². The minimum atomic E-state index is -0.672. The van der Waals surface area contributed by atoms with E-state index in [2.05, 4.69) is 0 Å². The number of amides is 1. The molecule has 6 heteroatoms. The third kappa shape index (κ3) is 4.17. The Bertz CT molecular complexity index is 842. The fourth-order valence-corrected chi connectivity index (χ4v) is 3.92. The van der Waals surface area contributed by atoms with Gasteiger partial charge in [0.25, 0.3) is 0 Å². The summed E-state index contributed by atoms with van der Waals surface area (Å²) in [5, 5.41) is 0. The first-order valence-corrected chi connectivity index (χ1v) is 10.0. The zero-order chi connectivity index (χ0) is 20.3. The molecule has 1 spiro atoms. The van der Waals surface area contributed by atoms with E-state index in [1.165, 1.54) is 0 Å². The van der Waals surface area contributed by atoms with E-state index < -0.39 is 5.79 Å². The SMILES string of the molecule is COc1ccc(CCC(=O)N2CCC3(CC2)OCc2cccc(OC)c2O3)cc1. The Morgan fingerprint density at radius 1 is 1.07 bits per heavy atom. The number of nitrogens with zero attached hydrogens (tertiary/aromatic N) is 1. The zero-order valence-corrected chi connectivity index (χ0v) is 17.0. The number of hydrogen-bond donors (Lipinski definition) is 0. The Morgan fingerprint density at radius 3 is 2.52 bits per heavy atom. The van der Waals surface area contributed by atoms with E-state index >= 15 is 0 Å². The van der Waals surface area contributed by atoms with Gasteiger partial charge in [-0.05, 0) is 30.2 Å². The average Bonchev–Trinajstić information content (AvgIpc) is 2.78. The van der Waals surface area contributed by atoms with Crippen LogP contribution in [0.3, 0.4) is 0 Å². The molecule has 0 radical (unpaired) electrons. The van der Waals surface area contributed by atoms with Crippen LogP contribution in [0.15, 0.2) is 42.5 Å². The monoisotopic (exact) mass is 397 g/mol. The van der Waals surface area contributed by atoms with Crippen molar-refractivity contribution < 1.29 is 23.7 Å². The van der Waals surface area contributed by atoms with Crippen molar-refractivity contribution in [2.24, 2.45) is 0 Å². The van der Waals surface area contributed by atoms with Crippen LogP contribution in [0.25, 0.3) is 0 Å². The van der Waals surface area contributed by atoms with Gasteiger partial charge >= 0.3 is 0 Å². The molecule has 0 aliphatic carbocycles. The number of methoxy groups -OCH3 is 2. The number of likely N-dealkylation sites (tertiary alicyclic amines) is 1. The molecule has 2 aromatic rings. The maximum Gasteiger partial charge on any atom is 0.222 e. The van der Waals surface area contributed by atoms with Crippen LogP contribution >= 0.6 is 0 Å². The highest BCUT2D eigenvalue weighted by molar-refractivity contribution is 5.76. The van der Waals surface area contributed by atoms with Crippen LogP contribution in [0.1, 0.15) is 30.4 Å². The number of ether oxygens (including phenoxy) is 4. The third-order valence-electron chi connectivity index (χ3n) is 5.72. The number of hydrogen-bond acceptors (Lipinski definition) is 5. The number of carbonyl (C=O) groups excluding carboxylic acids is 1.